The number of halogens is 1. The van der Waals surface area contributed by atoms with Gasteiger partial charge in [0.2, 0.25) is 0 Å². The maximum Gasteiger partial charge on any atom is 0.127 e. The van der Waals surface area contributed by atoms with E-state index in [1.807, 2.05) is 13.1 Å². The lowest BCUT2D eigenvalue weighted by molar-refractivity contribution is 0.404. The lowest BCUT2D eigenvalue weighted by atomic mass is 9.77. The number of hydrogen-bond donors (Lipinski definition) is 1. The van der Waals surface area contributed by atoms with E-state index in [1.54, 1.807) is 6.07 Å². The van der Waals surface area contributed by atoms with E-state index in [9.17, 15) is 4.39 Å². The van der Waals surface area contributed by atoms with Crippen LogP contribution in [0.2, 0.25) is 0 Å². The minimum absolute atomic E-state index is 0.00866. The van der Waals surface area contributed by atoms with Gasteiger partial charge >= 0.3 is 0 Å². The van der Waals surface area contributed by atoms with Crippen molar-refractivity contribution in [3.63, 3.8) is 0 Å². The van der Waals surface area contributed by atoms with Crippen molar-refractivity contribution in [1.29, 1.82) is 0 Å². The molecule has 2 heteroatoms. The van der Waals surface area contributed by atoms with Crippen molar-refractivity contribution < 1.29 is 4.39 Å². The summed E-state index contributed by atoms with van der Waals surface area (Å²) in [6, 6.07) is 5.90. The summed E-state index contributed by atoms with van der Waals surface area (Å²) in [7, 11) is 1.97. The molecular weight excluding hydrogens is 201 g/mol. The predicted molar refractivity (Wildman–Crippen MR) is 62.9 cm³/mol. The maximum absolute atomic E-state index is 14.0. The molecule has 2 unspecified atom stereocenters. The van der Waals surface area contributed by atoms with Crippen LogP contribution in [0.4, 0.5) is 4.39 Å². The Kier molecular flexibility index (Phi) is 2.47. The number of nitrogens with one attached hydrogen (secondary N) is 1. The Balaban J connectivity index is 2.06. The van der Waals surface area contributed by atoms with E-state index in [0.717, 1.165) is 24.3 Å². The van der Waals surface area contributed by atoms with Gasteiger partial charge in [-0.15, -0.1) is 0 Å². The minimum Gasteiger partial charge on any atom is -0.313 e. The van der Waals surface area contributed by atoms with Gasteiger partial charge in [-0.25, -0.2) is 4.39 Å². The highest BCUT2D eigenvalue weighted by atomic mass is 19.1. The Bertz CT molecular complexity index is 398. The van der Waals surface area contributed by atoms with E-state index in [-0.39, 0.29) is 5.82 Å². The van der Waals surface area contributed by atoms with Crippen LogP contribution >= 0.6 is 0 Å². The smallest absolute Gasteiger partial charge is 0.127 e. The van der Waals surface area contributed by atoms with E-state index in [1.165, 1.54) is 18.4 Å². The molecule has 2 aliphatic rings. The largest absolute Gasteiger partial charge is 0.313 e. The molecule has 0 spiro atoms. The first-order valence-corrected chi connectivity index (χ1v) is 6.27. The summed E-state index contributed by atoms with van der Waals surface area (Å²) in [4.78, 5) is 0. The van der Waals surface area contributed by atoms with Gasteiger partial charge in [-0.05, 0) is 61.8 Å². The predicted octanol–water partition coefficient (Wildman–Crippen LogP) is 3.37. The van der Waals surface area contributed by atoms with Crippen LogP contribution in [-0.4, -0.2) is 7.05 Å². The molecule has 16 heavy (non-hydrogen) atoms. The van der Waals surface area contributed by atoms with Crippen LogP contribution in [0.5, 0.6) is 0 Å². The molecule has 0 amide bonds. The molecule has 2 aliphatic carbocycles. The molecule has 1 N–H and O–H groups in total. The van der Waals surface area contributed by atoms with Gasteiger partial charge in [-0.3, -0.25) is 0 Å². The monoisotopic (exact) mass is 219 g/mol. The van der Waals surface area contributed by atoms with Crippen molar-refractivity contribution in [2.75, 3.05) is 7.05 Å². The molecule has 1 fully saturated rings. The highest BCUT2D eigenvalue weighted by Crippen LogP contribution is 2.50. The topological polar surface area (TPSA) is 12.0 Å². The van der Waals surface area contributed by atoms with Crippen LogP contribution in [0, 0.1) is 11.7 Å². The summed E-state index contributed by atoms with van der Waals surface area (Å²) in [5, 5.41) is 3.30. The maximum atomic E-state index is 14.0. The SMILES string of the molecule is CNC1CCC(C2CC2)c2c(F)cccc21. The fraction of sp³-hybridized carbons (Fsp3) is 0.571. The Morgan fingerprint density at radius 1 is 1.19 bits per heavy atom. The lowest BCUT2D eigenvalue weighted by Gasteiger charge is -2.31. The standard InChI is InChI=1S/C14H18FN/c1-16-13-8-7-10(9-5-6-9)14-11(13)3-2-4-12(14)15/h2-4,9-10,13,16H,5-8H2,1H3. The van der Waals surface area contributed by atoms with Gasteiger partial charge in [-0.2, -0.15) is 0 Å². The molecule has 0 aromatic heterocycles. The van der Waals surface area contributed by atoms with E-state index in [0.29, 0.717) is 12.0 Å². The van der Waals surface area contributed by atoms with Gasteiger partial charge in [-0.1, -0.05) is 12.1 Å². The Morgan fingerprint density at radius 3 is 2.69 bits per heavy atom. The van der Waals surface area contributed by atoms with Gasteiger partial charge in [0.05, 0.1) is 0 Å². The summed E-state index contributed by atoms with van der Waals surface area (Å²) in [5.41, 5.74) is 2.21. The van der Waals surface area contributed by atoms with Crippen LogP contribution < -0.4 is 5.32 Å². The summed E-state index contributed by atoms with van der Waals surface area (Å²) >= 11 is 0. The minimum atomic E-state index is 0.00866. The zero-order valence-electron chi connectivity index (χ0n) is 9.67. The zero-order chi connectivity index (χ0) is 11.1. The van der Waals surface area contributed by atoms with Gasteiger partial charge in [0.25, 0.3) is 0 Å². The van der Waals surface area contributed by atoms with Gasteiger partial charge < -0.3 is 5.32 Å². The third kappa shape index (κ3) is 1.56. The lowest BCUT2D eigenvalue weighted by Crippen LogP contribution is -2.25. The third-order valence-corrected chi connectivity index (χ3v) is 4.14. The number of hydrogen-bond acceptors (Lipinski definition) is 1. The Morgan fingerprint density at radius 2 is 2.00 bits per heavy atom. The van der Waals surface area contributed by atoms with Crippen molar-refractivity contribution in [3.05, 3.63) is 35.1 Å². The molecule has 86 valence electrons. The molecule has 0 aliphatic heterocycles. The van der Waals surface area contributed by atoms with E-state index in [2.05, 4.69) is 11.4 Å². The van der Waals surface area contributed by atoms with Crippen LogP contribution in [0.25, 0.3) is 0 Å². The Hall–Kier alpha value is -0.890. The molecular formula is C14H18FN. The van der Waals surface area contributed by atoms with Crippen LogP contribution in [0.1, 0.15) is 48.8 Å². The highest BCUT2D eigenvalue weighted by Gasteiger charge is 2.38. The second kappa shape index (κ2) is 3.85. The quantitative estimate of drug-likeness (QED) is 0.804. The van der Waals surface area contributed by atoms with Crippen LogP contribution in [0.3, 0.4) is 0 Å². The fourth-order valence-corrected chi connectivity index (χ4v) is 3.16. The second-order valence-corrected chi connectivity index (χ2v) is 5.11. The fourth-order valence-electron chi connectivity index (χ4n) is 3.16. The van der Waals surface area contributed by atoms with Crippen LogP contribution in [-0.2, 0) is 0 Å². The van der Waals surface area contributed by atoms with Crippen molar-refractivity contribution in [3.8, 4) is 0 Å². The average molecular weight is 219 g/mol. The van der Waals surface area contributed by atoms with Crippen molar-refractivity contribution in [2.24, 2.45) is 5.92 Å². The van der Waals surface area contributed by atoms with Gasteiger partial charge in [0.1, 0.15) is 5.82 Å². The molecule has 1 aromatic carbocycles. The van der Waals surface area contributed by atoms with Crippen molar-refractivity contribution >= 4 is 0 Å². The molecule has 0 heterocycles. The van der Waals surface area contributed by atoms with E-state index >= 15 is 0 Å². The molecule has 1 nitrogen and oxygen atoms in total. The summed E-state index contributed by atoms with van der Waals surface area (Å²) in [6.45, 7) is 0. The van der Waals surface area contributed by atoms with E-state index in [4.69, 9.17) is 0 Å². The molecule has 1 saturated carbocycles. The molecule has 0 bridgehead atoms. The van der Waals surface area contributed by atoms with Crippen LogP contribution in [0.15, 0.2) is 18.2 Å². The van der Waals surface area contributed by atoms with Crippen molar-refractivity contribution in [1.82, 2.24) is 5.32 Å². The second-order valence-electron chi connectivity index (χ2n) is 5.11. The third-order valence-electron chi connectivity index (χ3n) is 4.14. The highest BCUT2D eigenvalue weighted by molar-refractivity contribution is 5.37. The zero-order valence-corrected chi connectivity index (χ0v) is 9.67. The number of benzene rings is 1. The summed E-state index contributed by atoms with van der Waals surface area (Å²) in [5.74, 6) is 1.25. The number of fused-ring (bicyclic) bond motifs is 1. The van der Waals surface area contributed by atoms with Gasteiger partial charge in [0, 0.05) is 6.04 Å². The van der Waals surface area contributed by atoms with Gasteiger partial charge in [0.15, 0.2) is 0 Å². The summed E-state index contributed by atoms with van der Waals surface area (Å²) < 4.78 is 14.0. The molecule has 1 aromatic rings. The first-order chi connectivity index (χ1) is 7.81. The molecule has 2 atom stereocenters. The first kappa shape index (κ1) is 10.3. The average Bonchev–Trinajstić information content (AvgIpc) is 3.12. The molecule has 0 radical (unpaired) electrons. The van der Waals surface area contributed by atoms with E-state index < -0.39 is 0 Å². The molecule has 3 rings (SSSR count). The Labute approximate surface area is 96.1 Å². The first-order valence-electron chi connectivity index (χ1n) is 6.27. The van der Waals surface area contributed by atoms with Crippen molar-refractivity contribution in [2.45, 2.75) is 37.6 Å². The number of rotatable bonds is 2. The normalized spacial score (nSPS) is 28.9. The molecule has 0 saturated heterocycles. The summed E-state index contributed by atoms with van der Waals surface area (Å²) in [6.07, 6.45) is 4.88.